The lowest BCUT2D eigenvalue weighted by Crippen LogP contribution is -2.36. The Balaban J connectivity index is 1.29. The summed E-state index contributed by atoms with van der Waals surface area (Å²) in [6, 6.07) is 28.4. The van der Waals surface area contributed by atoms with Crippen molar-refractivity contribution in [1.82, 2.24) is 0 Å². The van der Waals surface area contributed by atoms with Crippen LogP contribution in [-0.2, 0) is 25.2 Å². The summed E-state index contributed by atoms with van der Waals surface area (Å²) < 4.78 is 11.5. The molecule has 0 radical (unpaired) electrons. The van der Waals surface area contributed by atoms with Crippen LogP contribution in [-0.4, -0.2) is 24.1 Å². The molecule has 0 N–H and O–H groups in total. The number of fused-ring (bicyclic) bond motifs is 1. The molecule has 1 aliphatic heterocycles. The molecule has 4 nitrogen and oxygen atoms in total. The predicted octanol–water partition coefficient (Wildman–Crippen LogP) is 4.89. The minimum absolute atomic E-state index is 0.0157. The second-order valence-electron chi connectivity index (χ2n) is 8.73. The highest BCUT2D eigenvalue weighted by Crippen LogP contribution is 2.55. The molecule has 160 valence electrons. The van der Waals surface area contributed by atoms with E-state index in [1.807, 2.05) is 48.5 Å². The average Bonchev–Trinajstić information content (AvgIpc) is 3.46. The Morgan fingerprint density at radius 1 is 0.844 bits per heavy atom. The molecule has 3 aromatic rings. The number of benzene rings is 3. The van der Waals surface area contributed by atoms with Gasteiger partial charge >= 0.3 is 11.9 Å². The van der Waals surface area contributed by atoms with Crippen LogP contribution in [0.15, 0.2) is 99.6 Å². The van der Waals surface area contributed by atoms with Crippen molar-refractivity contribution in [3.8, 4) is 0 Å². The van der Waals surface area contributed by atoms with Gasteiger partial charge in [0.1, 0.15) is 12.2 Å². The molecule has 3 aliphatic rings. The number of esters is 2. The Kier molecular flexibility index (Phi) is 4.80. The minimum atomic E-state index is -0.339. The number of hydrogen-bond donors (Lipinski definition) is 0. The molecule has 32 heavy (non-hydrogen) atoms. The summed E-state index contributed by atoms with van der Waals surface area (Å²) in [4.78, 5) is 28.6. The first-order chi connectivity index (χ1) is 15.7. The van der Waals surface area contributed by atoms with Gasteiger partial charge in [-0.25, -0.2) is 4.79 Å². The largest absolute Gasteiger partial charge is 0.458 e. The van der Waals surface area contributed by atoms with E-state index >= 15 is 0 Å². The van der Waals surface area contributed by atoms with Gasteiger partial charge < -0.3 is 9.47 Å². The average molecular weight is 444 g/mol. The summed E-state index contributed by atoms with van der Waals surface area (Å²) in [6.07, 6.45) is 1.12. The van der Waals surface area contributed by atoms with Gasteiger partial charge in [0.25, 0.3) is 0 Å². The highest BCUT2D eigenvalue weighted by atomic mass is 32.2. The first kappa shape index (κ1) is 19.6. The smallest absolute Gasteiger partial charge is 0.338 e. The predicted molar refractivity (Wildman–Crippen MR) is 120 cm³/mol. The lowest BCUT2D eigenvalue weighted by molar-refractivity contribution is -0.146. The Morgan fingerprint density at radius 2 is 1.50 bits per heavy atom. The molecule has 5 heteroatoms. The molecule has 2 aliphatic carbocycles. The van der Waals surface area contributed by atoms with Gasteiger partial charge in [0, 0.05) is 17.9 Å². The van der Waals surface area contributed by atoms with Crippen LogP contribution in [0, 0.1) is 17.8 Å². The van der Waals surface area contributed by atoms with Crippen LogP contribution in [0.5, 0.6) is 0 Å². The van der Waals surface area contributed by atoms with Crippen LogP contribution in [0.3, 0.4) is 0 Å². The third kappa shape index (κ3) is 3.23. The van der Waals surface area contributed by atoms with Crippen LogP contribution in [0.4, 0.5) is 0 Å². The molecule has 5 atom stereocenters. The van der Waals surface area contributed by atoms with Crippen molar-refractivity contribution in [1.29, 1.82) is 0 Å². The van der Waals surface area contributed by atoms with Gasteiger partial charge in [0.15, 0.2) is 14.7 Å². The van der Waals surface area contributed by atoms with Gasteiger partial charge in [-0.1, -0.05) is 42.5 Å². The highest BCUT2D eigenvalue weighted by Gasteiger charge is 2.63. The van der Waals surface area contributed by atoms with Crippen molar-refractivity contribution in [3.05, 3.63) is 90.5 Å². The van der Waals surface area contributed by atoms with Crippen molar-refractivity contribution in [2.75, 3.05) is 0 Å². The van der Waals surface area contributed by atoms with E-state index in [2.05, 4.69) is 30.3 Å². The standard InChI is InChI=1S/C27H23O4S/c28-26(30-24-18-15-22-23(16-18)27(29)31-25(22)24)17-8-7-13-21(14-17)32(19-9-3-1-4-10-19)20-11-5-2-6-12-20/h1-14,18,22-25H,15-16H2/q+1. The van der Waals surface area contributed by atoms with Crippen molar-refractivity contribution in [3.63, 3.8) is 0 Å². The van der Waals surface area contributed by atoms with Gasteiger partial charge in [-0.15, -0.1) is 0 Å². The fraction of sp³-hybridized carbons (Fsp3) is 0.259. The minimum Gasteiger partial charge on any atom is -0.458 e. The first-order valence-corrected chi connectivity index (χ1v) is 12.3. The van der Waals surface area contributed by atoms with Gasteiger partial charge in [-0.3, -0.25) is 4.79 Å². The fourth-order valence-electron chi connectivity index (χ4n) is 5.53. The van der Waals surface area contributed by atoms with Crippen LogP contribution < -0.4 is 0 Å². The monoisotopic (exact) mass is 443 g/mol. The maximum atomic E-state index is 13.1. The van der Waals surface area contributed by atoms with Gasteiger partial charge in [-0.05, 0) is 49.2 Å². The van der Waals surface area contributed by atoms with E-state index < -0.39 is 0 Å². The van der Waals surface area contributed by atoms with E-state index in [1.165, 1.54) is 9.79 Å². The van der Waals surface area contributed by atoms with E-state index in [4.69, 9.17) is 9.47 Å². The number of rotatable bonds is 5. The highest BCUT2D eigenvalue weighted by molar-refractivity contribution is 7.97. The second-order valence-corrected chi connectivity index (χ2v) is 10.8. The number of ether oxygens (including phenoxy) is 2. The lowest BCUT2D eigenvalue weighted by atomic mass is 9.88. The quantitative estimate of drug-likeness (QED) is 0.416. The normalized spacial score (nSPS) is 27.5. The topological polar surface area (TPSA) is 52.6 Å². The fourth-order valence-corrected chi connectivity index (χ4v) is 7.66. The molecule has 3 fully saturated rings. The lowest BCUT2D eigenvalue weighted by Gasteiger charge is -2.25. The van der Waals surface area contributed by atoms with Crippen molar-refractivity contribution in [2.45, 2.75) is 39.7 Å². The molecule has 0 spiro atoms. The molecule has 6 rings (SSSR count). The van der Waals surface area contributed by atoms with Crippen LogP contribution in [0.1, 0.15) is 23.2 Å². The SMILES string of the molecule is O=C(OC1C2CC3C(=O)OC1C3C2)c1cccc([S+](c2ccccc2)c2ccccc2)c1. The number of carbonyl (C=O) groups is 2. The zero-order valence-corrected chi connectivity index (χ0v) is 18.2. The molecule has 5 unspecified atom stereocenters. The maximum absolute atomic E-state index is 13.1. The zero-order valence-electron chi connectivity index (χ0n) is 17.4. The van der Waals surface area contributed by atoms with Crippen LogP contribution in [0.2, 0.25) is 0 Å². The molecule has 2 bridgehead atoms. The summed E-state index contributed by atoms with van der Waals surface area (Å²) >= 11 is 0. The molecule has 3 aromatic carbocycles. The third-order valence-corrected chi connectivity index (χ3v) is 9.13. The van der Waals surface area contributed by atoms with Crippen LogP contribution in [0.25, 0.3) is 0 Å². The summed E-state index contributed by atoms with van der Waals surface area (Å²) in [5, 5.41) is 0. The van der Waals surface area contributed by atoms with Crippen LogP contribution >= 0.6 is 0 Å². The van der Waals surface area contributed by atoms with E-state index in [0.717, 1.165) is 17.7 Å². The molecule has 1 heterocycles. The summed E-state index contributed by atoms with van der Waals surface area (Å²) in [5.74, 6) is 0.0175. The second kappa shape index (κ2) is 7.82. The van der Waals surface area contributed by atoms with E-state index in [-0.39, 0.29) is 52.8 Å². The maximum Gasteiger partial charge on any atom is 0.338 e. The van der Waals surface area contributed by atoms with Gasteiger partial charge in [0.05, 0.1) is 22.4 Å². The van der Waals surface area contributed by atoms with E-state index in [0.29, 0.717) is 5.56 Å². The molecular weight excluding hydrogens is 420 g/mol. The van der Waals surface area contributed by atoms with Crippen molar-refractivity contribution >= 4 is 22.8 Å². The molecule has 0 aromatic heterocycles. The molecule has 1 saturated heterocycles. The van der Waals surface area contributed by atoms with Crippen molar-refractivity contribution < 1.29 is 19.1 Å². The van der Waals surface area contributed by atoms with Gasteiger partial charge in [0.2, 0.25) is 0 Å². The molecule has 2 saturated carbocycles. The number of carbonyl (C=O) groups excluding carboxylic acids is 2. The Hall–Kier alpha value is -3.05. The Bertz CT molecular complexity index is 1120. The first-order valence-electron chi connectivity index (χ1n) is 11.0. The summed E-state index contributed by atoms with van der Waals surface area (Å²) in [6.45, 7) is 0. The van der Waals surface area contributed by atoms with Gasteiger partial charge in [-0.2, -0.15) is 0 Å². The molecule has 0 amide bonds. The van der Waals surface area contributed by atoms with E-state index in [1.54, 1.807) is 6.07 Å². The zero-order chi connectivity index (χ0) is 21.7. The van der Waals surface area contributed by atoms with Crippen molar-refractivity contribution in [2.24, 2.45) is 17.8 Å². The number of hydrogen-bond acceptors (Lipinski definition) is 4. The Labute approximate surface area is 189 Å². The summed E-state index contributed by atoms with van der Waals surface area (Å²) in [7, 11) is -0.331. The third-order valence-electron chi connectivity index (χ3n) is 6.92. The Morgan fingerprint density at radius 3 is 2.19 bits per heavy atom. The molecular formula is C27H23O4S+. The summed E-state index contributed by atoms with van der Waals surface area (Å²) in [5.41, 5.74) is 0.538. The van der Waals surface area contributed by atoms with E-state index in [9.17, 15) is 9.59 Å².